The molecule has 3 aromatic carbocycles. The van der Waals surface area contributed by atoms with Crippen LogP contribution in [0, 0.1) is 3.57 Å². The van der Waals surface area contributed by atoms with Gasteiger partial charge < -0.3 is 20.3 Å². The molecule has 2 fully saturated rings. The van der Waals surface area contributed by atoms with E-state index in [2.05, 4.69) is 33.2 Å². The summed E-state index contributed by atoms with van der Waals surface area (Å²) in [5.74, 6) is -0.130. The lowest BCUT2D eigenvalue weighted by atomic mass is 9.59. The Morgan fingerprint density at radius 3 is 2.55 bits per heavy atom. The van der Waals surface area contributed by atoms with Gasteiger partial charge in [0.05, 0.1) is 6.04 Å². The molecule has 3 unspecified atom stereocenters. The van der Waals surface area contributed by atoms with Gasteiger partial charge in [0.1, 0.15) is 17.3 Å². The van der Waals surface area contributed by atoms with E-state index in [9.17, 15) is 14.4 Å². The summed E-state index contributed by atoms with van der Waals surface area (Å²) in [4.78, 5) is 41.9. The first kappa shape index (κ1) is 29.3. The van der Waals surface area contributed by atoms with Gasteiger partial charge in [-0.15, -0.1) is 0 Å². The number of hydrogen-bond acceptors (Lipinski definition) is 4. The molecule has 0 radical (unpaired) electrons. The quantitative estimate of drug-likeness (QED) is 0.291. The van der Waals surface area contributed by atoms with Crippen LogP contribution in [0.1, 0.15) is 61.3 Å². The van der Waals surface area contributed by atoms with Crippen LogP contribution in [0.5, 0.6) is 5.75 Å². The number of amides is 3. The minimum Gasteiger partial charge on any atom is -0.490 e. The Kier molecular flexibility index (Phi) is 8.15. The molecular weight excluding hydrogens is 688 g/mol. The van der Waals surface area contributed by atoms with Gasteiger partial charge in [0, 0.05) is 69.6 Å². The van der Waals surface area contributed by atoms with E-state index in [1.165, 1.54) is 0 Å². The van der Waals surface area contributed by atoms with E-state index in [0.29, 0.717) is 53.8 Å². The van der Waals surface area contributed by atoms with Gasteiger partial charge in [-0.1, -0.05) is 48.3 Å². The third kappa shape index (κ3) is 5.15. The maximum atomic E-state index is 14.4. The summed E-state index contributed by atoms with van der Waals surface area (Å²) in [5, 5.41) is 7.32. The highest BCUT2D eigenvalue weighted by Gasteiger charge is 2.61. The highest BCUT2D eigenvalue weighted by atomic mass is 127. The first-order valence-corrected chi connectivity index (χ1v) is 15.9. The Morgan fingerprint density at radius 2 is 1.81 bits per heavy atom. The van der Waals surface area contributed by atoms with Crippen LogP contribution in [0.3, 0.4) is 0 Å². The van der Waals surface area contributed by atoms with Crippen molar-refractivity contribution >= 4 is 69.2 Å². The van der Waals surface area contributed by atoms with Crippen molar-refractivity contribution in [3.63, 3.8) is 0 Å². The Balaban J connectivity index is 1.47. The summed E-state index contributed by atoms with van der Waals surface area (Å²) in [7, 11) is 0. The van der Waals surface area contributed by atoms with E-state index in [4.69, 9.17) is 27.9 Å². The van der Waals surface area contributed by atoms with Crippen molar-refractivity contribution in [1.29, 1.82) is 0 Å². The van der Waals surface area contributed by atoms with Crippen molar-refractivity contribution in [2.75, 3.05) is 18.4 Å². The maximum absolute atomic E-state index is 14.4. The predicted octanol–water partition coefficient (Wildman–Crippen LogP) is 6.61. The monoisotopic (exact) mass is 717 g/mol. The van der Waals surface area contributed by atoms with Crippen molar-refractivity contribution in [3.8, 4) is 5.75 Å². The number of hydrogen-bond donors (Lipinski definition) is 2. The number of nitrogens with one attached hydrogen (secondary N) is 2. The second kappa shape index (κ2) is 11.7. The molecule has 3 aliphatic heterocycles. The van der Waals surface area contributed by atoms with Crippen LogP contribution >= 0.6 is 45.8 Å². The largest absolute Gasteiger partial charge is 0.490 e. The molecule has 42 heavy (non-hydrogen) atoms. The predicted molar refractivity (Wildman–Crippen MR) is 171 cm³/mol. The molecule has 0 aliphatic carbocycles. The number of fused-ring (bicyclic) bond motifs is 2. The van der Waals surface area contributed by atoms with Crippen LogP contribution in [0.2, 0.25) is 10.0 Å². The number of carbonyl (C=O) groups is 3. The van der Waals surface area contributed by atoms with Crippen LogP contribution in [0.4, 0.5) is 5.69 Å². The molecule has 2 N–H and O–H groups in total. The van der Waals surface area contributed by atoms with Gasteiger partial charge in [-0.2, -0.15) is 0 Å². The Labute approximate surface area is 268 Å². The van der Waals surface area contributed by atoms with Crippen molar-refractivity contribution in [1.82, 2.24) is 10.2 Å². The summed E-state index contributed by atoms with van der Waals surface area (Å²) in [6, 6.07) is 17.9. The third-order valence-electron chi connectivity index (χ3n) is 8.68. The summed E-state index contributed by atoms with van der Waals surface area (Å²) < 4.78 is 7.58. The Hall–Kier alpha value is -2.82. The lowest BCUT2D eigenvalue weighted by Gasteiger charge is -2.47. The fourth-order valence-electron chi connectivity index (χ4n) is 6.75. The van der Waals surface area contributed by atoms with Crippen molar-refractivity contribution in [3.05, 3.63) is 91.0 Å². The lowest BCUT2D eigenvalue weighted by molar-refractivity contribution is -0.133. The summed E-state index contributed by atoms with van der Waals surface area (Å²) >= 11 is 15.0. The highest BCUT2D eigenvalue weighted by Crippen LogP contribution is 2.58. The Bertz CT molecular complexity index is 1580. The molecule has 0 bridgehead atoms. The maximum Gasteiger partial charge on any atom is 0.238 e. The number of likely N-dealkylation sites (tertiary alicyclic amines) is 1. The zero-order chi connectivity index (χ0) is 29.6. The molecule has 3 heterocycles. The smallest absolute Gasteiger partial charge is 0.238 e. The fourth-order valence-corrected chi connectivity index (χ4v) is 7.63. The normalized spacial score (nSPS) is 23.9. The number of rotatable bonds is 5. The average Bonchev–Trinajstić information content (AvgIpc) is 3.25. The number of halogens is 3. The zero-order valence-electron chi connectivity index (χ0n) is 23.0. The summed E-state index contributed by atoms with van der Waals surface area (Å²) in [5.41, 5.74) is 1.73. The number of carbonyl (C=O) groups excluding carboxylic acids is 3. The summed E-state index contributed by atoms with van der Waals surface area (Å²) in [6.07, 6.45) is 1.89. The van der Waals surface area contributed by atoms with Gasteiger partial charge in [-0.3, -0.25) is 14.4 Å². The van der Waals surface area contributed by atoms with E-state index in [1.54, 1.807) is 18.2 Å². The van der Waals surface area contributed by atoms with E-state index in [0.717, 1.165) is 20.3 Å². The molecule has 2 saturated heterocycles. The van der Waals surface area contributed by atoms with Gasteiger partial charge in [-0.05, 0) is 76.2 Å². The molecule has 218 valence electrons. The van der Waals surface area contributed by atoms with Crippen LogP contribution in [-0.2, 0) is 19.8 Å². The third-order valence-corrected chi connectivity index (χ3v) is 9.82. The van der Waals surface area contributed by atoms with Crippen molar-refractivity contribution in [2.24, 2.45) is 0 Å². The molecule has 6 rings (SSSR count). The SMILES string of the molecule is CCC(=O)N1CCC(Oc2ccc(I)cc2C2NC(=O)CC(c3cccc(Cl)c3)C23C(=O)Nc2cc(Cl)ccc23)CC1. The molecule has 0 saturated carbocycles. The molecule has 7 nitrogen and oxygen atoms in total. The summed E-state index contributed by atoms with van der Waals surface area (Å²) in [6.45, 7) is 3.14. The first-order valence-electron chi connectivity index (χ1n) is 14.1. The molecule has 0 aromatic heterocycles. The molecule has 10 heteroatoms. The van der Waals surface area contributed by atoms with E-state index in [-0.39, 0.29) is 30.2 Å². The number of benzene rings is 3. The number of ether oxygens (including phenoxy) is 1. The topological polar surface area (TPSA) is 87.7 Å². The van der Waals surface area contributed by atoms with E-state index in [1.807, 2.05) is 54.3 Å². The number of nitrogens with zero attached hydrogens (tertiary/aromatic N) is 1. The van der Waals surface area contributed by atoms with Crippen LogP contribution in [0.15, 0.2) is 60.7 Å². The van der Waals surface area contributed by atoms with Crippen LogP contribution in [0.25, 0.3) is 0 Å². The first-order chi connectivity index (χ1) is 20.2. The Morgan fingerprint density at radius 1 is 1.05 bits per heavy atom. The molecule has 3 amide bonds. The second-order valence-electron chi connectivity index (χ2n) is 11.1. The molecule has 3 aromatic rings. The van der Waals surface area contributed by atoms with Gasteiger partial charge >= 0.3 is 0 Å². The van der Waals surface area contributed by atoms with Gasteiger partial charge in [0.2, 0.25) is 17.7 Å². The van der Waals surface area contributed by atoms with Crippen LogP contribution < -0.4 is 15.4 Å². The van der Waals surface area contributed by atoms with Gasteiger partial charge in [0.25, 0.3) is 0 Å². The zero-order valence-corrected chi connectivity index (χ0v) is 26.6. The molecule has 3 atom stereocenters. The lowest BCUT2D eigenvalue weighted by Crippen LogP contribution is -2.57. The standard InChI is InChI=1S/C32H30Cl2IN3O4/c1-2-29(40)38-12-10-22(11-13-38)42-27-9-7-21(35)16-23(27)30-32(24-8-6-20(34)15-26(24)36-31(32)41)25(17-28(39)37-30)18-4-3-5-19(33)14-18/h3-9,14-16,22,25,30H,2,10-13,17H2,1H3,(H,36,41)(H,37,39). The number of piperidine rings is 2. The minimum atomic E-state index is -1.20. The van der Waals surface area contributed by atoms with Crippen LogP contribution in [-0.4, -0.2) is 41.8 Å². The average molecular weight is 718 g/mol. The molecule has 3 aliphatic rings. The minimum absolute atomic E-state index is 0.104. The van der Waals surface area contributed by atoms with E-state index >= 15 is 0 Å². The van der Waals surface area contributed by atoms with Gasteiger partial charge in [-0.25, -0.2) is 0 Å². The molecule has 1 spiro atoms. The fraction of sp³-hybridized carbons (Fsp3) is 0.344. The second-order valence-corrected chi connectivity index (χ2v) is 13.2. The van der Waals surface area contributed by atoms with Gasteiger partial charge in [0.15, 0.2) is 0 Å². The molecular formula is C32H30Cl2IN3O4. The van der Waals surface area contributed by atoms with E-state index < -0.39 is 17.4 Å². The van der Waals surface area contributed by atoms with Crippen molar-refractivity contribution in [2.45, 2.75) is 56.1 Å². The number of anilines is 1. The highest BCUT2D eigenvalue weighted by molar-refractivity contribution is 14.1. The van der Waals surface area contributed by atoms with Crippen molar-refractivity contribution < 1.29 is 19.1 Å².